The van der Waals surface area contributed by atoms with Crippen LogP contribution in [-0.2, 0) is 5.88 Å². The van der Waals surface area contributed by atoms with E-state index in [9.17, 15) is 8.78 Å². The minimum absolute atomic E-state index is 0.118. The van der Waals surface area contributed by atoms with Gasteiger partial charge in [-0.3, -0.25) is 0 Å². The fourth-order valence-corrected chi connectivity index (χ4v) is 3.01. The molecule has 1 aliphatic rings. The molecule has 2 nitrogen and oxygen atoms in total. The van der Waals surface area contributed by atoms with E-state index in [4.69, 9.17) is 16.3 Å². The molecule has 2 aromatic rings. The van der Waals surface area contributed by atoms with Crippen molar-refractivity contribution in [3.05, 3.63) is 47.7 Å². The van der Waals surface area contributed by atoms with Crippen molar-refractivity contribution in [1.29, 1.82) is 0 Å². The largest absolute Gasteiger partial charge is 0.474 e. The highest BCUT2D eigenvalue weighted by Gasteiger charge is 2.20. The van der Waals surface area contributed by atoms with Crippen LogP contribution < -0.4 is 4.74 Å². The van der Waals surface area contributed by atoms with E-state index in [2.05, 4.69) is 4.98 Å². The summed E-state index contributed by atoms with van der Waals surface area (Å²) >= 11 is 5.56. The lowest BCUT2D eigenvalue weighted by molar-refractivity contribution is 0.202. The highest BCUT2D eigenvalue weighted by Crippen LogP contribution is 2.33. The van der Waals surface area contributed by atoms with Gasteiger partial charge in [0.25, 0.3) is 0 Å². The summed E-state index contributed by atoms with van der Waals surface area (Å²) < 4.78 is 33.8. The van der Waals surface area contributed by atoms with Crippen LogP contribution in [0.4, 0.5) is 8.78 Å². The second-order valence-electron chi connectivity index (χ2n) is 5.43. The normalized spacial score (nSPS) is 15.2. The molecule has 1 fully saturated rings. The first-order valence-corrected chi connectivity index (χ1v) is 7.88. The molecule has 0 atom stereocenters. The predicted octanol–water partition coefficient (Wildman–Crippen LogP) is 5.09. The van der Waals surface area contributed by atoms with Crippen LogP contribution in [0.2, 0.25) is 0 Å². The van der Waals surface area contributed by atoms with E-state index in [1.165, 1.54) is 12.1 Å². The van der Waals surface area contributed by atoms with Gasteiger partial charge in [0.05, 0.1) is 5.88 Å². The fraction of sp³-hybridized carbons (Fsp3) is 0.353. The fourth-order valence-electron chi connectivity index (χ4n) is 2.75. The molecule has 1 aromatic carbocycles. The van der Waals surface area contributed by atoms with E-state index in [1.54, 1.807) is 18.3 Å². The van der Waals surface area contributed by atoms with Crippen molar-refractivity contribution in [1.82, 2.24) is 4.98 Å². The maximum atomic E-state index is 13.9. The highest BCUT2D eigenvalue weighted by molar-refractivity contribution is 6.17. The molecular weight excluding hydrogens is 308 g/mol. The van der Waals surface area contributed by atoms with Crippen molar-refractivity contribution in [2.24, 2.45) is 0 Å². The molecule has 22 heavy (non-hydrogen) atoms. The van der Waals surface area contributed by atoms with Crippen molar-refractivity contribution in [3.8, 4) is 17.0 Å². The Labute approximate surface area is 133 Å². The molecule has 1 heterocycles. The summed E-state index contributed by atoms with van der Waals surface area (Å²) in [6, 6.07) is 6.03. The molecule has 0 amide bonds. The van der Waals surface area contributed by atoms with Crippen molar-refractivity contribution in [2.45, 2.75) is 37.7 Å². The smallest absolute Gasteiger partial charge is 0.221 e. The van der Waals surface area contributed by atoms with E-state index in [0.29, 0.717) is 17.0 Å². The zero-order chi connectivity index (χ0) is 15.5. The first-order valence-electron chi connectivity index (χ1n) is 7.35. The maximum Gasteiger partial charge on any atom is 0.221 e. The molecule has 0 saturated heterocycles. The minimum Gasteiger partial charge on any atom is -0.474 e. The van der Waals surface area contributed by atoms with Gasteiger partial charge in [-0.25, -0.2) is 13.8 Å². The summed E-state index contributed by atoms with van der Waals surface area (Å²) in [4.78, 5) is 4.23. The van der Waals surface area contributed by atoms with E-state index in [0.717, 1.165) is 25.7 Å². The first-order chi connectivity index (χ1) is 10.7. The van der Waals surface area contributed by atoms with Gasteiger partial charge < -0.3 is 4.74 Å². The number of aromatic nitrogens is 1. The molecule has 0 radical (unpaired) electrons. The van der Waals surface area contributed by atoms with Gasteiger partial charge in [0.2, 0.25) is 5.88 Å². The van der Waals surface area contributed by atoms with Crippen LogP contribution in [0.5, 0.6) is 5.88 Å². The molecule has 116 valence electrons. The van der Waals surface area contributed by atoms with Crippen molar-refractivity contribution in [3.63, 3.8) is 0 Å². The molecule has 0 bridgehead atoms. The van der Waals surface area contributed by atoms with Gasteiger partial charge >= 0.3 is 0 Å². The lowest BCUT2D eigenvalue weighted by Crippen LogP contribution is -2.12. The number of pyridine rings is 1. The van der Waals surface area contributed by atoms with Crippen LogP contribution in [0.1, 0.15) is 31.2 Å². The quantitative estimate of drug-likeness (QED) is 0.731. The third-order valence-corrected chi connectivity index (χ3v) is 4.20. The Kier molecular flexibility index (Phi) is 4.57. The molecule has 0 aliphatic heterocycles. The highest BCUT2D eigenvalue weighted by atomic mass is 35.5. The second-order valence-corrected chi connectivity index (χ2v) is 5.70. The zero-order valence-electron chi connectivity index (χ0n) is 12.0. The lowest BCUT2D eigenvalue weighted by atomic mass is 10.0. The monoisotopic (exact) mass is 323 g/mol. The molecule has 0 spiro atoms. The molecule has 1 aromatic heterocycles. The van der Waals surface area contributed by atoms with E-state index >= 15 is 0 Å². The van der Waals surface area contributed by atoms with Crippen molar-refractivity contribution >= 4 is 11.6 Å². The van der Waals surface area contributed by atoms with Crippen LogP contribution in [0.15, 0.2) is 30.5 Å². The van der Waals surface area contributed by atoms with Gasteiger partial charge in [-0.1, -0.05) is 0 Å². The molecule has 3 rings (SSSR count). The summed E-state index contributed by atoms with van der Waals surface area (Å²) in [5, 5.41) is 0. The number of hydrogen-bond acceptors (Lipinski definition) is 2. The number of benzene rings is 1. The van der Waals surface area contributed by atoms with Crippen molar-refractivity contribution < 1.29 is 13.5 Å². The van der Waals surface area contributed by atoms with Gasteiger partial charge in [0.1, 0.15) is 17.7 Å². The van der Waals surface area contributed by atoms with Gasteiger partial charge in [-0.05, 0) is 55.5 Å². The van der Waals surface area contributed by atoms with Gasteiger partial charge in [0, 0.05) is 17.3 Å². The lowest BCUT2D eigenvalue weighted by Gasteiger charge is -2.15. The number of nitrogens with zero attached hydrogens (tertiary/aromatic N) is 1. The van der Waals surface area contributed by atoms with E-state index in [1.807, 2.05) is 0 Å². The molecule has 0 N–H and O–H groups in total. The average molecular weight is 324 g/mol. The van der Waals surface area contributed by atoms with Crippen molar-refractivity contribution in [2.75, 3.05) is 0 Å². The summed E-state index contributed by atoms with van der Waals surface area (Å²) in [5.41, 5.74) is 0.880. The van der Waals surface area contributed by atoms with Gasteiger partial charge in [0.15, 0.2) is 0 Å². The molecule has 1 saturated carbocycles. The van der Waals surface area contributed by atoms with Crippen LogP contribution in [0, 0.1) is 11.6 Å². The molecule has 0 unspecified atom stereocenters. The van der Waals surface area contributed by atoms with Crippen LogP contribution in [0.25, 0.3) is 11.1 Å². The maximum absolute atomic E-state index is 13.9. The number of rotatable bonds is 4. The average Bonchev–Trinajstić information content (AvgIpc) is 3.00. The van der Waals surface area contributed by atoms with E-state index in [-0.39, 0.29) is 17.5 Å². The summed E-state index contributed by atoms with van der Waals surface area (Å²) in [5.74, 6) is -1.08. The number of hydrogen-bond donors (Lipinski definition) is 0. The standard InChI is InChI=1S/C17H16ClF2NO/c18-10-14-15(19)8-11(9-16(14)20)13-6-3-7-21-17(13)22-12-4-1-2-5-12/h3,6-9,12H,1-2,4-5,10H2. The van der Waals surface area contributed by atoms with Gasteiger partial charge in [-0.2, -0.15) is 0 Å². The van der Waals surface area contributed by atoms with Gasteiger partial charge in [-0.15, -0.1) is 11.6 Å². The SMILES string of the molecule is Fc1cc(-c2cccnc2OC2CCCC2)cc(F)c1CCl. The first kappa shape index (κ1) is 15.2. The van der Waals surface area contributed by atoms with Crippen LogP contribution in [-0.4, -0.2) is 11.1 Å². The van der Waals surface area contributed by atoms with Crippen LogP contribution in [0.3, 0.4) is 0 Å². The number of halogens is 3. The van der Waals surface area contributed by atoms with E-state index < -0.39 is 11.6 Å². The summed E-state index contributed by atoms with van der Waals surface area (Å²) in [6.45, 7) is 0. The Bertz CT molecular complexity index is 648. The molecular formula is C17H16ClF2NO. The van der Waals surface area contributed by atoms with Crippen LogP contribution >= 0.6 is 11.6 Å². The molecule has 1 aliphatic carbocycles. The Balaban J connectivity index is 1.97. The Morgan fingerprint density at radius 3 is 2.50 bits per heavy atom. The predicted molar refractivity (Wildman–Crippen MR) is 82.0 cm³/mol. The summed E-state index contributed by atoms with van der Waals surface area (Å²) in [7, 11) is 0. The second kappa shape index (κ2) is 6.61. The Morgan fingerprint density at radius 2 is 1.86 bits per heavy atom. The summed E-state index contributed by atoms with van der Waals surface area (Å²) in [6.07, 6.45) is 6.01. The minimum atomic E-state index is -0.652. The Hall–Kier alpha value is -1.68. The Morgan fingerprint density at radius 1 is 1.18 bits per heavy atom. The third-order valence-electron chi connectivity index (χ3n) is 3.94. The third kappa shape index (κ3) is 3.07. The molecule has 5 heteroatoms. The number of ether oxygens (including phenoxy) is 1. The topological polar surface area (TPSA) is 22.1 Å². The number of alkyl halides is 1. The zero-order valence-corrected chi connectivity index (χ0v) is 12.7.